The van der Waals surface area contributed by atoms with Crippen LogP contribution in [-0.2, 0) is 4.79 Å². The highest BCUT2D eigenvalue weighted by atomic mass is 32.2. The molecule has 0 fully saturated rings. The number of carbonyl (C=O) groups excluding carboxylic acids is 1. The quantitative estimate of drug-likeness (QED) is 0.724. The molecule has 1 aromatic carbocycles. The molecule has 0 bridgehead atoms. The number of aryl methyl sites for hydroxylation is 2. The highest BCUT2D eigenvalue weighted by Gasteiger charge is 2.05. The second-order valence-electron chi connectivity index (χ2n) is 5.11. The molecule has 20 heavy (non-hydrogen) atoms. The number of benzene rings is 1. The first-order chi connectivity index (χ1) is 9.52. The van der Waals surface area contributed by atoms with E-state index in [0.29, 0.717) is 19.0 Å². The number of amides is 1. The van der Waals surface area contributed by atoms with Gasteiger partial charge in [0.15, 0.2) is 0 Å². The fourth-order valence-corrected chi connectivity index (χ4v) is 2.79. The second kappa shape index (κ2) is 9.03. The third-order valence-electron chi connectivity index (χ3n) is 3.23. The van der Waals surface area contributed by atoms with Gasteiger partial charge >= 0.3 is 0 Å². The molecule has 0 saturated heterocycles. The zero-order chi connectivity index (χ0) is 15.0. The molecule has 0 heterocycles. The van der Waals surface area contributed by atoms with Gasteiger partial charge in [0.05, 0.1) is 0 Å². The third kappa shape index (κ3) is 6.44. The van der Waals surface area contributed by atoms with Gasteiger partial charge in [-0.05, 0) is 50.6 Å². The van der Waals surface area contributed by atoms with Gasteiger partial charge in [-0.2, -0.15) is 0 Å². The van der Waals surface area contributed by atoms with Crippen molar-refractivity contribution in [2.75, 3.05) is 18.8 Å². The smallest absolute Gasteiger partial charge is 0.220 e. The summed E-state index contributed by atoms with van der Waals surface area (Å²) in [4.78, 5) is 12.9. The molecule has 3 nitrogen and oxygen atoms in total. The average molecular weight is 294 g/mol. The summed E-state index contributed by atoms with van der Waals surface area (Å²) in [7, 11) is 0. The van der Waals surface area contributed by atoms with Crippen LogP contribution in [0.4, 0.5) is 0 Å². The lowest BCUT2D eigenvalue weighted by atomic mass is 10.1. The van der Waals surface area contributed by atoms with Crippen molar-refractivity contribution in [3.63, 3.8) is 0 Å². The molecule has 0 radical (unpaired) electrons. The van der Waals surface area contributed by atoms with Crippen LogP contribution in [0.5, 0.6) is 0 Å². The fraction of sp³-hybridized carbons (Fsp3) is 0.562. The van der Waals surface area contributed by atoms with Gasteiger partial charge in [-0.1, -0.05) is 13.0 Å². The van der Waals surface area contributed by atoms with Crippen LogP contribution in [0, 0.1) is 13.8 Å². The average Bonchev–Trinajstić information content (AvgIpc) is 2.41. The molecule has 1 rings (SSSR count). The Kier molecular flexibility index (Phi) is 7.70. The maximum absolute atomic E-state index is 11.7. The predicted octanol–water partition coefficient (Wildman–Crippen LogP) is 2.90. The molecule has 0 aliphatic carbocycles. The van der Waals surface area contributed by atoms with E-state index >= 15 is 0 Å². The van der Waals surface area contributed by atoms with Crippen LogP contribution in [0.15, 0.2) is 23.1 Å². The zero-order valence-corrected chi connectivity index (χ0v) is 13.8. The van der Waals surface area contributed by atoms with E-state index in [-0.39, 0.29) is 5.91 Å². The lowest BCUT2D eigenvalue weighted by Crippen LogP contribution is -2.38. The molecule has 0 aliphatic rings. The van der Waals surface area contributed by atoms with E-state index in [1.165, 1.54) is 16.0 Å². The highest BCUT2D eigenvalue weighted by Crippen LogP contribution is 2.21. The summed E-state index contributed by atoms with van der Waals surface area (Å²) in [6.45, 7) is 10.0. The van der Waals surface area contributed by atoms with E-state index in [9.17, 15) is 4.79 Å². The Morgan fingerprint density at radius 1 is 1.30 bits per heavy atom. The molecule has 1 amide bonds. The maximum atomic E-state index is 11.7. The van der Waals surface area contributed by atoms with Gasteiger partial charge in [0, 0.05) is 29.7 Å². The van der Waals surface area contributed by atoms with Gasteiger partial charge in [-0.3, -0.25) is 4.79 Å². The molecular weight excluding hydrogens is 268 g/mol. The van der Waals surface area contributed by atoms with Gasteiger partial charge in [0.1, 0.15) is 0 Å². The number of likely N-dealkylation sites (N-methyl/N-ethyl adjacent to an activating group) is 1. The van der Waals surface area contributed by atoms with Crippen LogP contribution in [0.3, 0.4) is 0 Å². The lowest BCUT2D eigenvalue weighted by molar-refractivity contribution is -0.120. The minimum atomic E-state index is 0.131. The zero-order valence-electron chi connectivity index (χ0n) is 13.0. The topological polar surface area (TPSA) is 41.1 Å². The molecule has 0 spiro atoms. The van der Waals surface area contributed by atoms with E-state index in [0.717, 1.165) is 12.3 Å². The van der Waals surface area contributed by atoms with Crippen LogP contribution in [0.25, 0.3) is 0 Å². The third-order valence-corrected chi connectivity index (χ3v) is 4.23. The number of rotatable bonds is 8. The Balaban J connectivity index is 2.23. The molecular formula is C16H26N2OS. The van der Waals surface area contributed by atoms with Crippen molar-refractivity contribution in [1.82, 2.24) is 10.6 Å². The Labute approximate surface area is 126 Å². The number of hydrogen-bond donors (Lipinski definition) is 2. The molecule has 0 unspecified atom stereocenters. The number of thioether (sulfide) groups is 1. The Morgan fingerprint density at radius 2 is 2.05 bits per heavy atom. The fourth-order valence-electron chi connectivity index (χ4n) is 1.84. The van der Waals surface area contributed by atoms with E-state index < -0.39 is 0 Å². The summed E-state index contributed by atoms with van der Waals surface area (Å²) in [5.41, 5.74) is 2.61. The van der Waals surface area contributed by atoms with Crippen LogP contribution < -0.4 is 10.6 Å². The molecule has 1 atom stereocenters. The lowest BCUT2D eigenvalue weighted by Gasteiger charge is -2.13. The summed E-state index contributed by atoms with van der Waals surface area (Å²) in [5.74, 6) is 0.954. The minimum absolute atomic E-state index is 0.131. The Bertz CT molecular complexity index is 434. The number of carbonyl (C=O) groups is 1. The first-order valence-electron chi connectivity index (χ1n) is 7.23. The van der Waals surface area contributed by atoms with Crippen molar-refractivity contribution < 1.29 is 4.79 Å². The molecule has 2 N–H and O–H groups in total. The van der Waals surface area contributed by atoms with Gasteiger partial charge in [-0.15, -0.1) is 11.8 Å². The van der Waals surface area contributed by atoms with Crippen molar-refractivity contribution >= 4 is 17.7 Å². The standard InChI is InChI=1S/C16H26N2OS/c1-5-17-14(4)11-18-16(19)8-9-20-15-7-6-12(2)13(3)10-15/h6-7,10,14,17H,5,8-9,11H2,1-4H3,(H,18,19)/t14-/m1/s1. The van der Waals surface area contributed by atoms with E-state index in [1.54, 1.807) is 11.8 Å². The second-order valence-corrected chi connectivity index (χ2v) is 6.28. The molecule has 112 valence electrons. The molecule has 0 aliphatic heterocycles. The van der Waals surface area contributed by atoms with Crippen LogP contribution in [-0.4, -0.2) is 30.8 Å². The summed E-state index contributed by atoms with van der Waals surface area (Å²) < 4.78 is 0. The molecule has 1 aromatic rings. The van der Waals surface area contributed by atoms with Crippen molar-refractivity contribution in [2.45, 2.75) is 45.1 Å². The van der Waals surface area contributed by atoms with Gasteiger partial charge in [0.2, 0.25) is 5.91 Å². The van der Waals surface area contributed by atoms with E-state index in [1.807, 2.05) is 0 Å². The van der Waals surface area contributed by atoms with Crippen molar-refractivity contribution in [1.29, 1.82) is 0 Å². The van der Waals surface area contributed by atoms with Crippen molar-refractivity contribution in [3.8, 4) is 0 Å². The van der Waals surface area contributed by atoms with Gasteiger partial charge < -0.3 is 10.6 Å². The summed E-state index contributed by atoms with van der Waals surface area (Å²) in [6.07, 6.45) is 0.566. The maximum Gasteiger partial charge on any atom is 0.220 e. The van der Waals surface area contributed by atoms with Gasteiger partial charge in [-0.25, -0.2) is 0 Å². The highest BCUT2D eigenvalue weighted by molar-refractivity contribution is 7.99. The van der Waals surface area contributed by atoms with E-state index in [2.05, 4.69) is 56.5 Å². The molecule has 0 saturated carbocycles. The first-order valence-corrected chi connectivity index (χ1v) is 8.21. The minimum Gasteiger partial charge on any atom is -0.355 e. The summed E-state index contributed by atoms with van der Waals surface area (Å²) in [5, 5.41) is 6.23. The Morgan fingerprint density at radius 3 is 2.70 bits per heavy atom. The summed E-state index contributed by atoms with van der Waals surface area (Å²) >= 11 is 1.74. The molecule has 4 heteroatoms. The number of hydrogen-bond acceptors (Lipinski definition) is 3. The largest absolute Gasteiger partial charge is 0.355 e. The Hall–Kier alpha value is -1.00. The van der Waals surface area contributed by atoms with Crippen LogP contribution in [0.1, 0.15) is 31.4 Å². The van der Waals surface area contributed by atoms with E-state index in [4.69, 9.17) is 0 Å². The monoisotopic (exact) mass is 294 g/mol. The number of nitrogens with one attached hydrogen (secondary N) is 2. The van der Waals surface area contributed by atoms with Crippen LogP contribution >= 0.6 is 11.8 Å². The normalized spacial score (nSPS) is 12.2. The first kappa shape index (κ1) is 17.1. The SMILES string of the molecule is CCN[C@H](C)CNC(=O)CCSc1ccc(C)c(C)c1. The van der Waals surface area contributed by atoms with Crippen LogP contribution in [0.2, 0.25) is 0 Å². The summed E-state index contributed by atoms with van der Waals surface area (Å²) in [6, 6.07) is 6.77. The van der Waals surface area contributed by atoms with Gasteiger partial charge in [0.25, 0.3) is 0 Å². The molecule has 0 aromatic heterocycles. The van der Waals surface area contributed by atoms with Crippen molar-refractivity contribution in [2.24, 2.45) is 0 Å². The predicted molar refractivity (Wildman–Crippen MR) is 87.4 cm³/mol. The van der Waals surface area contributed by atoms with Crippen molar-refractivity contribution in [3.05, 3.63) is 29.3 Å².